The summed E-state index contributed by atoms with van der Waals surface area (Å²) in [6.45, 7) is 10.1. The van der Waals surface area contributed by atoms with Gasteiger partial charge in [-0.25, -0.2) is 0 Å². The Morgan fingerprint density at radius 1 is 0.640 bits per heavy atom. The fourth-order valence-corrected chi connectivity index (χ4v) is 4.53. The van der Waals surface area contributed by atoms with Crippen molar-refractivity contribution in [2.75, 3.05) is 13.2 Å². The summed E-state index contributed by atoms with van der Waals surface area (Å²) in [5.74, 6) is 0. The molecule has 0 radical (unpaired) electrons. The molecule has 4 bridgehead atoms. The van der Waals surface area contributed by atoms with Crippen LogP contribution < -0.4 is 0 Å². The topological polar surface area (TPSA) is 34.3 Å². The first-order chi connectivity index (χ1) is 12.0. The Hall–Kier alpha value is -1.68. The third kappa shape index (κ3) is 2.53. The van der Waals surface area contributed by atoms with Gasteiger partial charge >= 0.3 is 0 Å². The van der Waals surface area contributed by atoms with Gasteiger partial charge in [0.2, 0.25) is 0 Å². The molecule has 4 atom stereocenters. The lowest BCUT2D eigenvalue weighted by Gasteiger charge is -2.14. The van der Waals surface area contributed by atoms with Crippen LogP contribution >= 0.6 is 0 Å². The van der Waals surface area contributed by atoms with Crippen LogP contribution in [0.4, 0.5) is 0 Å². The van der Waals surface area contributed by atoms with E-state index >= 15 is 0 Å². The van der Waals surface area contributed by atoms with Crippen molar-refractivity contribution in [3.05, 3.63) is 57.6 Å². The first-order valence-electron chi connectivity index (χ1n) is 9.14. The van der Waals surface area contributed by atoms with E-state index in [-0.39, 0.29) is 24.4 Å². The van der Waals surface area contributed by atoms with Crippen molar-refractivity contribution in [2.45, 2.75) is 52.1 Å². The number of rotatable bonds is 0. The highest BCUT2D eigenvalue weighted by Gasteiger charge is 2.45. The second kappa shape index (κ2) is 5.41. The normalized spacial score (nSPS) is 29.6. The summed E-state index contributed by atoms with van der Waals surface area (Å²) in [5, 5.41) is 0. The van der Waals surface area contributed by atoms with Gasteiger partial charge in [-0.05, 0) is 72.2 Å². The van der Waals surface area contributed by atoms with Crippen molar-refractivity contribution in [2.24, 2.45) is 0 Å². The lowest BCUT2D eigenvalue weighted by molar-refractivity contribution is 0.102. The summed E-state index contributed by atoms with van der Waals surface area (Å²) in [4.78, 5) is 0. The van der Waals surface area contributed by atoms with Gasteiger partial charge in [-0.3, -0.25) is 0 Å². The second-order valence-electron chi connectivity index (χ2n) is 7.78. The van der Waals surface area contributed by atoms with Crippen molar-refractivity contribution in [3.8, 4) is 11.1 Å². The van der Waals surface area contributed by atoms with Crippen LogP contribution in [-0.4, -0.2) is 25.4 Å². The van der Waals surface area contributed by atoms with Crippen LogP contribution in [0.3, 0.4) is 0 Å². The van der Waals surface area contributed by atoms with Gasteiger partial charge in [0, 0.05) is 0 Å². The SMILES string of the molecule is Cc1cc2cc(C)c1C1OC1COCC1OC1c1c(C)cc-2cc1C. The number of benzene rings is 2. The van der Waals surface area contributed by atoms with Gasteiger partial charge in [0.15, 0.2) is 0 Å². The van der Waals surface area contributed by atoms with E-state index in [0.717, 1.165) is 0 Å². The minimum absolute atomic E-state index is 0.181. The Bertz CT molecular complexity index is 752. The minimum atomic E-state index is 0.181. The number of ether oxygens (including phenoxy) is 3. The van der Waals surface area contributed by atoms with E-state index in [0.29, 0.717) is 13.2 Å². The van der Waals surface area contributed by atoms with Crippen LogP contribution in [0.15, 0.2) is 24.3 Å². The van der Waals surface area contributed by atoms with Crippen molar-refractivity contribution < 1.29 is 14.2 Å². The van der Waals surface area contributed by atoms with E-state index < -0.39 is 0 Å². The van der Waals surface area contributed by atoms with E-state index in [2.05, 4.69) is 52.0 Å². The second-order valence-corrected chi connectivity index (χ2v) is 7.78. The molecule has 0 aromatic heterocycles. The molecule has 2 saturated heterocycles. The molecule has 3 heteroatoms. The van der Waals surface area contributed by atoms with E-state index in [1.807, 2.05) is 0 Å². The molecule has 0 N–H and O–H groups in total. The minimum Gasteiger partial charge on any atom is -0.376 e. The third-order valence-electron chi connectivity index (χ3n) is 5.82. The molecule has 6 aliphatic heterocycles. The molecule has 2 aromatic rings. The van der Waals surface area contributed by atoms with Gasteiger partial charge in [-0.1, -0.05) is 24.3 Å². The van der Waals surface area contributed by atoms with E-state index in [1.54, 1.807) is 0 Å². The number of aryl methyl sites for hydroxylation is 4. The van der Waals surface area contributed by atoms with Crippen molar-refractivity contribution >= 4 is 0 Å². The standard InChI is InChI=1S/C22H24O3/c1-11-5-15-6-12(2)19(11)21-17(24-21)9-23-10-18-22(25-18)20-13(3)7-16(15)8-14(20)4/h5-8,17-18,21-22H,9-10H2,1-4H3. The first-order valence-corrected chi connectivity index (χ1v) is 9.14. The number of hydrogen-bond acceptors (Lipinski definition) is 3. The molecule has 0 amide bonds. The van der Waals surface area contributed by atoms with Crippen molar-refractivity contribution in [3.63, 3.8) is 0 Å². The third-order valence-corrected chi connectivity index (χ3v) is 5.82. The van der Waals surface area contributed by atoms with Crippen molar-refractivity contribution in [1.29, 1.82) is 0 Å². The zero-order valence-electron chi connectivity index (χ0n) is 15.3. The summed E-state index contributed by atoms with van der Waals surface area (Å²) in [7, 11) is 0. The summed E-state index contributed by atoms with van der Waals surface area (Å²) in [5.41, 5.74) is 10.5. The lowest BCUT2D eigenvalue weighted by Crippen LogP contribution is -2.09. The molecule has 25 heavy (non-hydrogen) atoms. The van der Waals surface area contributed by atoms with Gasteiger partial charge in [-0.2, -0.15) is 0 Å². The molecule has 2 fully saturated rings. The predicted octanol–water partition coefficient (Wildman–Crippen LogP) is 4.50. The summed E-state index contributed by atoms with van der Waals surface area (Å²) in [6, 6.07) is 9.19. The molecule has 130 valence electrons. The highest BCUT2D eigenvalue weighted by atomic mass is 16.6. The zero-order valence-corrected chi connectivity index (χ0v) is 15.3. The summed E-state index contributed by atoms with van der Waals surface area (Å²) in [6.07, 6.45) is 0.727. The highest BCUT2D eigenvalue weighted by molar-refractivity contribution is 5.69. The molecule has 0 aliphatic carbocycles. The smallest absolute Gasteiger partial charge is 0.112 e. The molecule has 2 aromatic carbocycles. The summed E-state index contributed by atoms with van der Waals surface area (Å²) < 4.78 is 17.7. The predicted molar refractivity (Wildman–Crippen MR) is 96.9 cm³/mol. The largest absolute Gasteiger partial charge is 0.376 e. The average molecular weight is 336 g/mol. The Morgan fingerprint density at radius 3 is 1.36 bits per heavy atom. The lowest BCUT2D eigenvalue weighted by atomic mass is 9.89. The fraction of sp³-hybridized carbons (Fsp3) is 0.455. The molecule has 0 saturated carbocycles. The van der Waals surface area contributed by atoms with Crippen molar-refractivity contribution in [1.82, 2.24) is 0 Å². The van der Waals surface area contributed by atoms with Gasteiger partial charge in [-0.15, -0.1) is 0 Å². The maximum atomic E-state index is 5.90. The average Bonchev–Trinajstić information content (AvgIpc) is 3.44. The van der Waals surface area contributed by atoms with Crippen LogP contribution in [0.1, 0.15) is 45.6 Å². The van der Waals surface area contributed by atoms with E-state index in [4.69, 9.17) is 14.2 Å². The van der Waals surface area contributed by atoms with E-state index in [1.165, 1.54) is 44.5 Å². The molecule has 3 nitrogen and oxygen atoms in total. The van der Waals surface area contributed by atoms with Gasteiger partial charge < -0.3 is 14.2 Å². The maximum Gasteiger partial charge on any atom is 0.112 e. The van der Waals surface area contributed by atoms with Crippen LogP contribution in [0.5, 0.6) is 0 Å². The highest BCUT2D eigenvalue weighted by Crippen LogP contribution is 2.46. The number of hydrogen-bond donors (Lipinski definition) is 0. The Morgan fingerprint density at radius 2 is 1.00 bits per heavy atom. The Balaban J connectivity index is 1.66. The molecule has 4 unspecified atom stereocenters. The Kier molecular flexibility index (Phi) is 3.37. The van der Waals surface area contributed by atoms with Gasteiger partial charge in [0.05, 0.1) is 13.2 Å². The fourth-order valence-electron chi connectivity index (χ4n) is 4.53. The first kappa shape index (κ1) is 15.6. The zero-order chi connectivity index (χ0) is 17.3. The van der Waals surface area contributed by atoms with Crippen LogP contribution in [-0.2, 0) is 14.2 Å². The molecular weight excluding hydrogens is 312 g/mol. The molecule has 0 spiro atoms. The Labute approximate surface area is 148 Å². The van der Waals surface area contributed by atoms with Gasteiger partial charge in [0.1, 0.15) is 24.4 Å². The van der Waals surface area contributed by atoms with Crippen LogP contribution in [0.25, 0.3) is 11.1 Å². The van der Waals surface area contributed by atoms with E-state index in [9.17, 15) is 0 Å². The summed E-state index contributed by atoms with van der Waals surface area (Å²) >= 11 is 0. The maximum absolute atomic E-state index is 5.90. The van der Waals surface area contributed by atoms with Gasteiger partial charge in [0.25, 0.3) is 0 Å². The monoisotopic (exact) mass is 336 g/mol. The van der Waals surface area contributed by atoms with Crippen LogP contribution in [0, 0.1) is 27.7 Å². The number of epoxide rings is 2. The molecule has 8 rings (SSSR count). The molecule has 6 aliphatic rings. The molecule has 6 heterocycles. The van der Waals surface area contributed by atoms with Crippen LogP contribution in [0.2, 0.25) is 0 Å². The quantitative estimate of drug-likeness (QED) is 0.665. The molecular formula is C22H24O3.